The second kappa shape index (κ2) is 6.11. The van der Waals surface area contributed by atoms with Crippen LogP contribution in [0.3, 0.4) is 0 Å². The molecule has 0 radical (unpaired) electrons. The number of benzene rings is 1. The SMILES string of the molecule is CNC(=O)c1ccc([N+](=O)[O-])c(NCc2nccs2)c1. The molecule has 0 saturated heterocycles. The molecule has 0 aliphatic carbocycles. The highest BCUT2D eigenvalue weighted by molar-refractivity contribution is 7.09. The number of carbonyl (C=O) groups is 1. The van der Waals surface area contributed by atoms with Crippen molar-refractivity contribution in [1.29, 1.82) is 0 Å². The second-order valence-corrected chi connectivity index (χ2v) is 4.83. The number of thiazole rings is 1. The summed E-state index contributed by atoms with van der Waals surface area (Å²) in [4.78, 5) is 26.1. The largest absolute Gasteiger partial charge is 0.373 e. The van der Waals surface area contributed by atoms with Crippen LogP contribution in [-0.2, 0) is 6.54 Å². The molecule has 1 aromatic heterocycles. The highest BCUT2D eigenvalue weighted by Gasteiger charge is 2.16. The van der Waals surface area contributed by atoms with Crippen molar-refractivity contribution in [3.63, 3.8) is 0 Å². The van der Waals surface area contributed by atoms with Crippen LogP contribution in [0, 0.1) is 10.1 Å². The van der Waals surface area contributed by atoms with Crippen LogP contribution in [0.25, 0.3) is 0 Å². The summed E-state index contributed by atoms with van der Waals surface area (Å²) in [5, 5.41) is 19.0. The average molecular weight is 292 g/mol. The molecule has 7 nitrogen and oxygen atoms in total. The normalized spacial score (nSPS) is 10.1. The zero-order valence-corrected chi connectivity index (χ0v) is 11.4. The number of nitro benzene ring substituents is 1. The minimum absolute atomic E-state index is 0.0748. The van der Waals surface area contributed by atoms with Gasteiger partial charge in [0.25, 0.3) is 11.6 Å². The molecule has 0 unspecified atom stereocenters. The maximum absolute atomic E-state index is 11.6. The molecule has 2 N–H and O–H groups in total. The molecular formula is C12H12N4O3S. The highest BCUT2D eigenvalue weighted by Crippen LogP contribution is 2.26. The van der Waals surface area contributed by atoms with Crippen molar-refractivity contribution in [3.8, 4) is 0 Å². The minimum Gasteiger partial charge on any atom is -0.373 e. The average Bonchev–Trinajstić information content (AvgIpc) is 2.97. The van der Waals surface area contributed by atoms with E-state index < -0.39 is 4.92 Å². The number of nitrogens with one attached hydrogen (secondary N) is 2. The molecule has 20 heavy (non-hydrogen) atoms. The van der Waals surface area contributed by atoms with Gasteiger partial charge in [-0.25, -0.2) is 4.98 Å². The molecule has 2 rings (SSSR count). The van der Waals surface area contributed by atoms with Crippen molar-refractivity contribution in [2.24, 2.45) is 0 Å². The van der Waals surface area contributed by atoms with Crippen LogP contribution in [0.15, 0.2) is 29.8 Å². The van der Waals surface area contributed by atoms with Crippen LogP contribution in [0.2, 0.25) is 0 Å². The third-order valence-corrected chi connectivity index (χ3v) is 3.38. The molecule has 2 aromatic rings. The first-order chi connectivity index (χ1) is 9.61. The molecule has 0 fully saturated rings. The fourth-order valence-corrected chi connectivity index (χ4v) is 2.19. The van der Waals surface area contributed by atoms with E-state index in [0.717, 1.165) is 5.01 Å². The minimum atomic E-state index is -0.488. The van der Waals surface area contributed by atoms with Crippen molar-refractivity contribution in [1.82, 2.24) is 10.3 Å². The number of nitro groups is 1. The fraction of sp³-hybridized carbons (Fsp3) is 0.167. The van der Waals surface area contributed by atoms with E-state index in [0.29, 0.717) is 17.8 Å². The molecule has 0 aliphatic heterocycles. The molecule has 0 saturated carbocycles. The van der Waals surface area contributed by atoms with E-state index in [1.165, 1.54) is 36.6 Å². The van der Waals surface area contributed by atoms with Crippen molar-refractivity contribution in [2.45, 2.75) is 6.54 Å². The summed E-state index contributed by atoms with van der Waals surface area (Å²) in [6.45, 7) is 0.371. The Labute approximate surface area is 118 Å². The van der Waals surface area contributed by atoms with E-state index in [4.69, 9.17) is 0 Å². The van der Waals surface area contributed by atoms with Gasteiger partial charge in [0.1, 0.15) is 10.7 Å². The zero-order chi connectivity index (χ0) is 14.5. The van der Waals surface area contributed by atoms with Crippen LogP contribution in [-0.4, -0.2) is 22.9 Å². The van der Waals surface area contributed by atoms with Gasteiger partial charge < -0.3 is 10.6 Å². The lowest BCUT2D eigenvalue weighted by Crippen LogP contribution is -2.18. The van der Waals surface area contributed by atoms with E-state index in [-0.39, 0.29) is 11.6 Å². The molecule has 1 amide bonds. The second-order valence-electron chi connectivity index (χ2n) is 3.85. The lowest BCUT2D eigenvalue weighted by Gasteiger charge is -2.07. The number of hydrogen-bond acceptors (Lipinski definition) is 6. The van der Waals surface area contributed by atoms with Crippen LogP contribution in [0.4, 0.5) is 11.4 Å². The van der Waals surface area contributed by atoms with Gasteiger partial charge in [-0.05, 0) is 12.1 Å². The third-order valence-electron chi connectivity index (χ3n) is 2.60. The van der Waals surface area contributed by atoms with E-state index in [9.17, 15) is 14.9 Å². The molecule has 0 spiro atoms. The van der Waals surface area contributed by atoms with Crippen molar-refractivity contribution < 1.29 is 9.72 Å². The van der Waals surface area contributed by atoms with Crippen molar-refractivity contribution >= 4 is 28.6 Å². The van der Waals surface area contributed by atoms with E-state index >= 15 is 0 Å². The molecular weight excluding hydrogens is 280 g/mol. The number of hydrogen-bond donors (Lipinski definition) is 2. The number of rotatable bonds is 5. The smallest absolute Gasteiger partial charge is 0.292 e. The number of amides is 1. The summed E-state index contributed by atoms with van der Waals surface area (Å²) in [6, 6.07) is 4.20. The summed E-state index contributed by atoms with van der Waals surface area (Å²) >= 11 is 1.45. The predicted molar refractivity (Wildman–Crippen MR) is 75.9 cm³/mol. The van der Waals surface area contributed by atoms with Gasteiger partial charge >= 0.3 is 0 Å². The molecule has 0 atom stereocenters. The van der Waals surface area contributed by atoms with E-state index in [1.54, 1.807) is 6.20 Å². The molecule has 104 valence electrons. The molecule has 8 heteroatoms. The molecule has 1 heterocycles. The first-order valence-electron chi connectivity index (χ1n) is 5.74. The van der Waals surface area contributed by atoms with Crippen LogP contribution in [0.5, 0.6) is 0 Å². The Morgan fingerprint density at radius 2 is 2.30 bits per heavy atom. The maximum atomic E-state index is 11.6. The van der Waals surface area contributed by atoms with Gasteiger partial charge in [-0.1, -0.05) is 0 Å². The van der Waals surface area contributed by atoms with Crippen LogP contribution in [0.1, 0.15) is 15.4 Å². The fourth-order valence-electron chi connectivity index (χ4n) is 1.63. The lowest BCUT2D eigenvalue weighted by molar-refractivity contribution is -0.384. The van der Waals surface area contributed by atoms with E-state index in [1.807, 2.05) is 5.38 Å². The van der Waals surface area contributed by atoms with Gasteiger partial charge in [0, 0.05) is 30.3 Å². The van der Waals surface area contributed by atoms with Crippen molar-refractivity contribution in [3.05, 3.63) is 50.5 Å². The Hall–Kier alpha value is -2.48. The first kappa shape index (κ1) is 13.9. The number of carbonyl (C=O) groups excluding carboxylic acids is 1. The molecule has 1 aromatic carbocycles. The number of aromatic nitrogens is 1. The third kappa shape index (κ3) is 3.09. The first-order valence-corrected chi connectivity index (χ1v) is 6.62. The quantitative estimate of drug-likeness (QED) is 0.649. The Kier molecular flexibility index (Phi) is 4.26. The monoisotopic (exact) mass is 292 g/mol. The van der Waals surface area contributed by atoms with Gasteiger partial charge in [-0.2, -0.15) is 0 Å². The van der Waals surface area contributed by atoms with Crippen molar-refractivity contribution in [2.75, 3.05) is 12.4 Å². The van der Waals surface area contributed by atoms with Crippen LogP contribution < -0.4 is 10.6 Å². The zero-order valence-electron chi connectivity index (χ0n) is 10.6. The van der Waals surface area contributed by atoms with Gasteiger partial charge in [0.15, 0.2) is 0 Å². The van der Waals surface area contributed by atoms with E-state index in [2.05, 4.69) is 15.6 Å². The summed E-state index contributed by atoms with van der Waals surface area (Å²) in [5.41, 5.74) is 0.584. The molecule has 0 bridgehead atoms. The predicted octanol–water partition coefficient (Wildman–Crippen LogP) is 2.02. The Bertz CT molecular complexity index is 628. The van der Waals surface area contributed by atoms with Gasteiger partial charge in [-0.15, -0.1) is 11.3 Å². The topological polar surface area (TPSA) is 97.2 Å². The summed E-state index contributed by atoms with van der Waals surface area (Å²) in [6.07, 6.45) is 1.66. The summed E-state index contributed by atoms with van der Waals surface area (Å²) < 4.78 is 0. The van der Waals surface area contributed by atoms with Gasteiger partial charge in [-0.3, -0.25) is 14.9 Å². The lowest BCUT2D eigenvalue weighted by atomic mass is 10.1. The number of anilines is 1. The summed E-state index contributed by atoms with van der Waals surface area (Å²) in [7, 11) is 1.51. The maximum Gasteiger partial charge on any atom is 0.292 e. The summed E-state index contributed by atoms with van der Waals surface area (Å²) in [5.74, 6) is -0.294. The molecule has 0 aliphatic rings. The Morgan fingerprint density at radius 3 is 2.90 bits per heavy atom. The van der Waals surface area contributed by atoms with Crippen LogP contribution >= 0.6 is 11.3 Å². The number of nitrogens with zero attached hydrogens (tertiary/aromatic N) is 2. The Balaban J connectivity index is 2.26. The highest BCUT2D eigenvalue weighted by atomic mass is 32.1. The Morgan fingerprint density at radius 1 is 1.50 bits per heavy atom. The van der Waals surface area contributed by atoms with Gasteiger partial charge in [0.2, 0.25) is 0 Å². The standard InChI is InChI=1S/C12H12N4O3S/c1-13-12(17)8-2-3-10(16(18)19)9(6-8)15-7-11-14-4-5-20-11/h2-6,15H,7H2,1H3,(H,13,17). The van der Waals surface area contributed by atoms with Gasteiger partial charge in [0.05, 0.1) is 11.5 Å².